The first-order valence-electron chi connectivity index (χ1n) is 4.45. The predicted octanol–water partition coefficient (Wildman–Crippen LogP) is -0.0402. The standard InChI is InChI=1S/C9H13BO4/c11-6-2-4-8-3-1-5-9(7-8)14-10(12)13/h1,3,5,7,11-13H,2,4,6H2. The summed E-state index contributed by atoms with van der Waals surface area (Å²) in [5, 5.41) is 25.8. The van der Waals surface area contributed by atoms with E-state index in [1.54, 1.807) is 18.2 Å². The molecule has 0 saturated heterocycles. The Morgan fingerprint density at radius 2 is 2.07 bits per heavy atom. The topological polar surface area (TPSA) is 69.9 Å². The van der Waals surface area contributed by atoms with Crippen molar-refractivity contribution in [3.63, 3.8) is 0 Å². The summed E-state index contributed by atoms with van der Waals surface area (Å²) in [6.45, 7) is 0.147. The Hall–Kier alpha value is -1.04. The average Bonchev–Trinajstić information content (AvgIpc) is 2.14. The van der Waals surface area contributed by atoms with Crippen molar-refractivity contribution < 1.29 is 19.8 Å². The van der Waals surface area contributed by atoms with Gasteiger partial charge in [0.05, 0.1) is 0 Å². The van der Waals surface area contributed by atoms with Gasteiger partial charge in [-0.1, -0.05) is 12.1 Å². The molecule has 0 unspecified atom stereocenters. The summed E-state index contributed by atoms with van der Waals surface area (Å²) in [5.74, 6) is 0.412. The fourth-order valence-corrected chi connectivity index (χ4v) is 1.18. The van der Waals surface area contributed by atoms with E-state index in [0.717, 1.165) is 12.0 Å². The Morgan fingerprint density at radius 3 is 2.71 bits per heavy atom. The first-order valence-corrected chi connectivity index (χ1v) is 4.45. The quantitative estimate of drug-likeness (QED) is 0.578. The summed E-state index contributed by atoms with van der Waals surface area (Å²) in [6, 6.07) is 7.02. The molecule has 1 aromatic carbocycles. The number of aliphatic hydroxyl groups is 1. The summed E-state index contributed by atoms with van der Waals surface area (Å²) >= 11 is 0. The summed E-state index contributed by atoms with van der Waals surface area (Å²) in [5.41, 5.74) is 0.997. The van der Waals surface area contributed by atoms with Crippen molar-refractivity contribution >= 4 is 7.32 Å². The van der Waals surface area contributed by atoms with Crippen LogP contribution in [0.1, 0.15) is 12.0 Å². The number of rotatable bonds is 5. The maximum Gasteiger partial charge on any atom is 0.707 e. The molecule has 5 heteroatoms. The van der Waals surface area contributed by atoms with Gasteiger partial charge in [-0.3, -0.25) is 0 Å². The first kappa shape index (κ1) is 11.0. The number of hydrogen-bond donors (Lipinski definition) is 3. The van der Waals surface area contributed by atoms with Crippen molar-refractivity contribution in [3.8, 4) is 5.75 Å². The van der Waals surface area contributed by atoms with E-state index in [2.05, 4.69) is 4.65 Å². The maximum atomic E-state index is 8.63. The van der Waals surface area contributed by atoms with Gasteiger partial charge in [-0.25, -0.2) is 0 Å². The van der Waals surface area contributed by atoms with E-state index in [4.69, 9.17) is 15.2 Å². The number of aliphatic hydroxyl groups excluding tert-OH is 1. The van der Waals surface area contributed by atoms with E-state index >= 15 is 0 Å². The highest BCUT2D eigenvalue weighted by atomic mass is 16.6. The summed E-state index contributed by atoms with van der Waals surface area (Å²) in [6.07, 6.45) is 1.43. The molecular formula is C9H13BO4. The van der Waals surface area contributed by atoms with Crippen molar-refractivity contribution in [1.29, 1.82) is 0 Å². The highest BCUT2D eigenvalue weighted by Crippen LogP contribution is 2.14. The molecule has 1 aromatic rings. The third-order valence-electron chi connectivity index (χ3n) is 1.76. The minimum atomic E-state index is -1.79. The lowest BCUT2D eigenvalue weighted by Crippen LogP contribution is -2.20. The van der Waals surface area contributed by atoms with Crippen LogP contribution < -0.4 is 4.65 Å². The number of hydrogen-bond acceptors (Lipinski definition) is 4. The van der Waals surface area contributed by atoms with Crippen LogP contribution in [0.4, 0.5) is 0 Å². The Labute approximate surface area is 82.9 Å². The smallest absolute Gasteiger partial charge is 0.512 e. The second kappa shape index (κ2) is 5.64. The Bertz CT molecular complexity index is 277. The van der Waals surface area contributed by atoms with Gasteiger partial charge >= 0.3 is 7.32 Å². The lowest BCUT2D eigenvalue weighted by atomic mass is 10.1. The van der Waals surface area contributed by atoms with Crippen molar-refractivity contribution in [2.45, 2.75) is 12.8 Å². The zero-order valence-electron chi connectivity index (χ0n) is 7.76. The zero-order chi connectivity index (χ0) is 10.4. The van der Waals surface area contributed by atoms with E-state index in [9.17, 15) is 0 Å². The minimum Gasteiger partial charge on any atom is -0.512 e. The van der Waals surface area contributed by atoms with Gasteiger partial charge in [-0.05, 0) is 30.5 Å². The van der Waals surface area contributed by atoms with Gasteiger partial charge in [-0.15, -0.1) is 0 Å². The molecule has 4 nitrogen and oxygen atoms in total. The summed E-state index contributed by atoms with van der Waals surface area (Å²) in [4.78, 5) is 0. The Balaban J connectivity index is 2.59. The maximum absolute atomic E-state index is 8.63. The Morgan fingerprint density at radius 1 is 1.29 bits per heavy atom. The molecule has 0 amide bonds. The summed E-state index contributed by atoms with van der Waals surface area (Å²) < 4.78 is 4.68. The molecule has 3 N–H and O–H groups in total. The largest absolute Gasteiger partial charge is 0.707 e. The van der Waals surface area contributed by atoms with Crippen LogP contribution in [0.2, 0.25) is 0 Å². The van der Waals surface area contributed by atoms with Gasteiger partial charge < -0.3 is 19.8 Å². The first-order chi connectivity index (χ1) is 6.72. The number of benzene rings is 1. The van der Waals surface area contributed by atoms with Crippen LogP contribution in [0.15, 0.2) is 24.3 Å². The van der Waals surface area contributed by atoms with Gasteiger partial charge in [0, 0.05) is 6.61 Å². The zero-order valence-corrected chi connectivity index (χ0v) is 7.76. The molecule has 0 fully saturated rings. The molecule has 14 heavy (non-hydrogen) atoms. The van der Waals surface area contributed by atoms with E-state index in [1.807, 2.05) is 6.07 Å². The van der Waals surface area contributed by atoms with E-state index in [-0.39, 0.29) is 6.61 Å². The van der Waals surface area contributed by atoms with Crippen molar-refractivity contribution in [1.82, 2.24) is 0 Å². The van der Waals surface area contributed by atoms with Crippen LogP contribution in [-0.2, 0) is 6.42 Å². The third-order valence-corrected chi connectivity index (χ3v) is 1.76. The van der Waals surface area contributed by atoms with Crippen LogP contribution in [0.3, 0.4) is 0 Å². The van der Waals surface area contributed by atoms with E-state index in [0.29, 0.717) is 12.2 Å². The van der Waals surface area contributed by atoms with Gasteiger partial charge in [0.15, 0.2) is 0 Å². The molecule has 0 aliphatic carbocycles. The molecule has 0 radical (unpaired) electrons. The highest BCUT2D eigenvalue weighted by Gasteiger charge is 2.10. The molecule has 0 aliphatic heterocycles. The molecule has 0 saturated carbocycles. The van der Waals surface area contributed by atoms with Gasteiger partial charge in [0.25, 0.3) is 0 Å². The number of aryl methyl sites for hydroxylation is 1. The normalized spacial score (nSPS) is 9.93. The minimum absolute atomic E-state index is 0.147. The van der Waals surface area contributed by atoms with Gasteiger partial charge in [-0.2, -0.15) is 0 Å². The molecule has 0 bridgehead atoms. The van der Waals surface area contributed by atoms with Crippen LogP contribution in [0, 0.1) is 0 Å². The predicted molar refractivity (Wildman–Crippen MR) is 52.7 cm³/mol. The van der Waals surface area contributed by atoms with Crippen LogP contribution in [-0.4, -0.2) is 29.1 Å². The Kier molecular flexibility index (Phi) is 4.45. The van der Waals surface area contributed by atoms with Crippen LogP contribution in [0.5, 0.6) is 5.75 Å². The molecule has 76 valence electrons. The van der Waals surface area contributed by atoms with Crippen LogP contribution in [0.25, 0.3) is 0 Å². The van der Waals surface area contributed by atoms with E-state index in [1.165, 1.54) is 0 Å². The lowest BCUT2D eigenvalue weighted by molar-refractivity contribution is 0.285. The molecule has 0 heterocycles. The highest BCUT2D eigenvalue weighted by molar-refractivity contribution is 6.33. The average molecular weight is 196 g/mol. The van der Waals surface area contributed by atoms with Crippen molar-refractivity contribution in [2.75, 3.05) is 6.61 Å². The second-order valence-electron chi connectivity index (χ2n) is 2.92. The molecule has 0 atom stereocenters. The molecule has 0 spiro atoms. The molecule has 0 aromatic heterocycles. The van der Waals surface area contributed by atoms with Gasteiger partial charge in [0.2, 0.25) is 0 Å². The molecule has 1 rings (SSSR count). The van der Waals surface area contributed by atoms with Gasteiger partial charge in [0.1, 0.15) is 5.75 Å². The summed E-state index contributed by atoms with van der Waals surface area (Å²) in [7, 11) is -1.79. The second-order valence-corrected chi connectivity index (χ2v) is 2.92. The van der Waals surface area contributed by atoms with Crippen LogP contribution >= 0.6 is 0 Å². The fourth-order valence-electron chi connectivity index (χ4n) is 1.18. The van der Waals surface area contributed by atoms with Crippen molar-refractivity contribution in [3.05, 3.63) is 29.8 Å². The van der Waals surface area contributed by atoms with E-state index < -0.39 is 7.32 Å². The molecule has 0 aliphatic rings. The monoisotopic (exact) mass is 196 g/mol. The SMILES string of the molecule is OCCCc1cccc(OB(O)O)c1. The molecular weight excluding hydrogens is 183 g/mol. The third kappa shape index (κ3) is 3.78. The van der Waals surface area contributed by atoms with Crippen molar-refractivity contribution in [2.24, 2.45) is 0 Å². The fraction of sp³-hybridized carbons (Fsp3) is 0.333. The lowest BCUT2D eigenvalue weighted by Gasteiger charge is -2.06.